The van der Waals surface area contributed by atoms with Crippen LogP contribution in [0.1, 0.15) is 22.8 Å². The van der Waals surface area contributed by atoms with Crippen molar-refractivity contribution in [2.75, 3.05) is 5.73 Å². The monoisotopic (exact) mass is 293 g/mol. The molecule has 0 saturated heterocycles. The Hall–Kier alpha value is -1.46. The highest BCUT2D eigenvalue weighted by molar-refractivity contribution is 9.10. The first kappa shape index (κ1) is 12.0. The fraction of sp³-hybridized carbons (Fsp3) is 0.167. The number of aliphatic hydroxyl groups is 1. The van der Waals surface area contributed by atoms with E-state index in [9.17, 15) is 5.11 Å². The molecule has 0 radical (unpaired) electrons. The molecule has 2 heterocycles. The van der Waals surface area contributed by atoms with Crippen LogP contribution in [0.4, 0.5) is 5.82 Å². The molecule has 0 bridgehead atoms. The molecule has 1 atom stereocenters. The maximum absolute atomic E-state index is 10.2. The lowest BCUT2D eigenvalue weighted by atomic mass is 10.0. The van der Waals surface area contributed by atoms with Crippen molar-refractivity contribution in [3.63, 3.8) is 0 Å². The van der Waals surface area contributed by atoms with Gasteiger partial charge in [-0.1, -0.05) is 0 Å². The second-order valence-electron chi connectivity index (χ2n) is 3.83. The van der Waals surface area contributed by atoms with E-state index in [0.717, 1.165) is 10.0 Å². The van der Waals surface area contributed by atoms with E-state index in [4.69, 9.17) is 5.73 Å². The number of hydrogen-bond donors (Lipinski definition) is 2. The molecule has 0 aliphatic heterocycles. The molecule has 2 aromatic rings. The van der Waals surface area contributed by atoms with Gasteiger partial charge in [-0.15, -0.1) is 0 Å². The largest absolute Gasteiger partial charge is 0.383 e. The van der Waals surface area contributed by atoms with E-state index in [1.807, 2.05) is 13.0 Å². The van der Waals surface area contributed by atoms with Crippen LogP contribution in [0.2, 0.25) is 0 Å². The summed E-state index contributed by atoms with van der Waals surface area (Å²) in [6.45, 7) is 1.90. The summed E-state index contributed by atoms with van der Waals surface area (Å²) in [6.07, 6.45) is 4.13. The van der Waals surface area contributed by atoms with Gasteiger partial charge in [0.2, 0.25) is 0 Å². The molecule has 0 aliphatic rings. The Balaban J connectivity index is 2.43. The fourth-order valence-corrected chi connectivity index (χ4v) is 1.96. The molecule has 5 heteroatoms. The number of aliphatic hydroxyl groups excluding tert-OH is 1. The molecule has 4 nitrogen and oxygen atoms in total. The van der Waals surface area contributed by atoms with E-state index in [0.29, 0.717) is 16.9 Å². The number of nitrogens with two attached hydrogens (primary N) is 1. The Kier molecular flexibility index (Phi) is 3.40. The molecule has 88 valence electrons. The average molecular weight is 294 g/mol. The van der Waals surface area contributed by atoms with Gasteiger partial charge in [0.15, 0.2) is 0 Å². The smallest absolute Gasteiger partial charge is 0.129 e. The van der Waals surface area contributed by atoms with Gasteiger partial charge in [-0.25, -0.2) is 4.98 Å². The van der Waals surface area contributed by atoms with Gasteiger partial charge < -0.3 is 10.8 Å². The fourth-order valence-electron chi connectivity index (χ4n) is 1.58. The highest BCUT2D eigenvalue weighted by Gasteiger charge is 2.15. The molecule has 0 spiro atoms. The molecule has 2 rings (SSSR count). The predicted octanol–water partition coefficient (Wildman–Crippen LogP) is 2.21. The highest BCUT2D eigenvalue weighted by Crippen LogP contribution is 2.27. The minimum absolute atomic E-state index is 0.336. The topological polar surface area (TPSA) is 72.0 Å². The summed E-state index contributed by atoms with van der Waals surface area (Å²) < 4.78 is 0.813. The quantitative estimate of drug-likeness (QED) is 0.890. The molecule has 2 aromatic heterocycles. The van der Waals surface area contributed by atoms with Crippen molar-refractivity contribution in [1.82, 2.24) is 9.97 Å². The number of rotatable bonds is 2. The number of aromatic nitrogens is 2. The van der Waals surface area contributed by atoms with Gasteiger partial charge in [0.05, 0.1) is 0 Å². The number of nitrogen functional groups attached to an aromatic ring is 1. The second kappa shape index (κ2) is 4.81. The molecule has 0 amide bonds. The third kappa shape index (κ3) is 2.62. The molecular formula is C12H12BrN3O. The molecule has 0 fully saturated rings. The van der Waals surface area contributed by atoms with Crippen LogP contribution in [0.15, 0.2) is 35.2 Å². The predicted molar refractivity (Wildman–Crippen MR) is 69.4 cm³/mol. The SMILES string of the molecule is Cc1cnc(N)c(C(O)c2cncc(Br)c2)c1. The Morgan fingerprint density at radius 1 is 1.29 bits per heavy atom. The Morgan fingerprint density at radius 3 is 2.76 bits per heavy atom. The Bertz CT molecular complexity index is 545. The van der Waals surface area contributed by atoms with Crippen molar-refractivity contribution < 1.29 is 5.11 Å². The van der Waals surface area contributed by atoms with Crippen molar-refractivity contribution in [2.45, 2.75) is 13.0 Å². The van der Waals surface area contributed by atoms with E-state index >= 15 is 0 Å². The van der Waals surface area contributed by atoms with Crippen LogP contribution in [-0.2, 0) is 0 Å². The number of anilines is 1. The Labute approximate surface area is 108 Å². The van der Waals surface area contributed by atoms with Gasteiger partial charge in [0, 0.05) is 34.2 Å². The van der Waals surface area contributed by atoms with Gasteiger partial charge in [-0.05, 0) is 40.5 Å². The Morgan fingerprint density at radius 2 is 2.06 bits per heavy atom. The van der Waals surface area contributed by atoms with E-state index in [-0.39, 0.29) is 0 Å². The zero-order valence-corrected chi connectivity index (χ0v) is 10.8. The first-order valence-electron chi connectivity index (χ1n) is 5.08. The molecule has 17 heavy (non-hydrogen) atoms. The van der Waals surface area contributed by atoms with Crippen LogP contribution in [0.25, 0.3) is 0 Å². The van der Waals surface area contributed by atoms with E-state index in [1.165, 1.54) is 0 Å². The van der Waals surface area contributed by atoms with Crippen molar-refractivity contribution in [1.29, 1.82) is 0 Å². The van der Waals surface area contributed by atoms with Gasteiger partial charge in [0.1, 0.15) is 11.9 Å². The summed E-state index contributed by atoms with van der Waals surface area (Å²) in [5, 5.41) is 10.2. The van der Waals surface area contributed by atoms with E-state index in [2.05, 4.69) is 25.9 Å². The minimum atomic E-state index is -0.813. The van der Waals surface area contributed by atoms with Crippen LogP contribution in [0, 0.1) is 6.92 Å². The molecule has 0 aliphatic carbocycles. The van der Waals surface area contributed by atoms with Crippen molar-refractivity contribution in [3.8, 4) is 0 Å². The summed E-state index contributed by atoms with van der Waals surface area (Å²) >= 11 is 3.32. The van der Waals surface area contributed by atoms with Gasteiger partial charge >= 0.3 is 0 Å². The lowest BCUT2D eigenvalue weighted by Crippen LogP contribution is -2.06. The lowest BCUT2D eigenvalue weighted by molar-refractivity contribution is 0.220. The minimum Gasteiger partial charge on any atom is -0.383 e. The standard InChI is InChI=1S/C12H12BrN3O/c1-7-2-10(12(14)16-4-7)11(17)8-3-9(13)6-15-5-8/h2-6,11,17H,1H3,(H2,14,16). The van der Waals surface area contributed by atoms with Gasteiger partial charge in [-0.3, -0.25) is 4.98 Å². The molecule has 1 unspecified atom stereocenters. The van der Waals surface area contributed by atoms with Crippen LogP contribution in [-0.4, -0.2) is 15.1 Å². The summed E-state index contributed by atoms with van der Waals surface area (Å²) in [4.78, 5) is 8.05. The molecule has 0 saturated carbocycles. The zero-order valence-electron chi connectivity index (χ0n) is 9.26. The number of halogens is 1. The third-order valence-corrected chi connectivity index (χ3v) is 2.86. The summed E-state index contributed by atoms with van der Waals surface area (Å²) in [6, 6.07) is 3.63. The van der Waals surface area contributed by atoms with Gasteiger partial charge in [0.25, 0.3) is 0 Å². The summed E-state index contributed by atoms with van der Waals surface area (Å²) in [5.74, 6) is 0.336. The van der Waals surface area contributed by atoms with Crippen LogP contribution < -0.4 is 5.73 Å². The summed E-state index contributed by atoms with van der Waals surface area (Å²) in [5.41, 5.74) is 8.00. The van der Waals surface area contributed by atoms with E-state index in [1.54, 1.807) is 24.7 Å². The third-order valence-electron chi connectivity index (χ3n) is 2.42. The number of aryl methyl sites for hydroxylation is 1. The zero-order chi connectivity index (χ0) is 12.4. The van der Waals surface area contributed by atoms with Crippen LogP contribution >= 0.6 is 15.9 Å². The van der Waals surface area contributed by atoms with Crippen molar-refractivity contribution in [2.24, 2.45) is 0 Å². The summed E-state index contributed by atoms with van der Waals surface area (Å²) in [7, 11) is 0. The van der Waals surface area contributed by atoms with Crippen LogP contribution in [0.5, 0.6) is 0 Å². The lowest BCUT2D eigenvalue weighted by Gasteiger charge is -2.13. The van der Waals surface area contributed by atoms with E-state index < -0.39 is 6.10 Å². The molecule has 3 N–H and O–H groups in total. The first-order valence-corrected chi connectivity index (χ1v) is 5.88. The number of nitrogens with zero attached hydrogens (tertiary/aromatic N) is 2. The maximum atomic E-state index is 10.2. The highest BCUT2D eigenvalue weighted by atomic mass is 79.9. The number of hydrogen-bond acceptors (Lipinski definition) is 4. The second-order valence-corrected chi connectivity index (χ2v) is 4.74. The first-order chi connectivity index (χ1) is 8.08. The van der Waals surface area contributed by atoms with Crippen molar-refractivity contribution in [3.05, 3.63) is 51.9 Å². The molecule has 0 aromatic carbocycles. The van der Waals surface area contributed by atoms with Gasteiger partial charge in [-0.2, -0.15) is 0 Å². The van der Waals surface area contributed by atoms with Crippen molar-refractivity contribution >= 4 is 21.7 Å². The number of pyridine rings is 2. The molecular weight excluding hydrogens is 282 g/mol. The van der Waals surface area contributed by atoms with Crippen LogP contribution in [0.3, 0.4) is 0 Å². The average Bonchev–Trinajstić information content (AvgIpc) is 2.31. The maximum Gasteiger partial charge on any atom is 0.129 e. The normalized spacial score (nSPS) is 12.4.